The van der Waals surface area contributed by atoms with Crippen molar-refractivity contribution >= 4 is 22.6 Å². The number of nitrogens with one attached hydrogen (secondary N) is 2. The van der Waals surface area contributed by atoms with Gasteiger partial charge in [-0.1, -0.05) is 42.5 Å². The molecular weight excluding hydrogens is 338 g/mol. The lowest BCUT2D eigenvalue weighted by Gasteiger charge is -2.31. The molecule has 144 valence electrons. The fraction of sp³-hybridized carbons (Fsp3) is 0.455. The molecular formula is C22H29N3O2. The van der Waals surface area contributed by atoms with E-state index in [-0.39, 0.29) is 23.8 Å². The second-order valence-corrected chi connectivity index (χ2v) is 7.30. The summed E-state index contributed by atoms with van der Waals surface area (Å²) in [5.41, 5.74) is 1.14. The van der Waals surface area contributed by atoms with Crippen molar-refractivity contribution in [2.24, 2.45) is 5.92 Å². The zero-order valence-corrected chi connectivity index (χ0v) is 16.2. The van der Waals surface area contributed by atoms with Gasteiger partial charge in [-0.2, -0.15) is 0 Å². The number of piperidine rings is 1. The number of carbonyl (C=O) groups excluding carboxylic acids is 2. The van der Waals surface area contributed by atoms with E-state index >= 15 is 0 Å². The summed E-state index contributed by atoms with van der Waals surface area (Å²) >= 11 is 0. The zero-order valence-electron chi connectivity index (χ0n) is 16.2. The number of amides is 2. The maximum absolute atomic E-state index is 12.5. The van der Waals surface area contributed by atoms with Crippen LogP contribution in [0.1, 0.15) is 38.3 Å². The Morgan fingerprint density at radius 2 is 1.81 bits per heavy atom. The van der Waals surface area contributed by atoms with E-state index in [0.717, 1.165) is 31.5 Å². The first-order valence-electron chi connectivity index (χ1n) is 9.85. The summed E-state index contributed by atoms with van der Waals surface area (Å²) < 4.78 is 0. The monoisotopic (exact) mass is 367 g/mol. The number of fused-ring (bicyclic) bond motifs is 1. The first kappa shape index (κ1) is 19.4. The van der Waals surface area contributed by atoms with E-state index in [1.165, 1.54) is 10.8 Å². The predicted octanol–water partition coefficient (Wildman–Crippen LogP) is 2.87. The number of hydrogen-bond acceptors (Lipinski definition) is 3. The van der Waals surface area contributed by atoms with Crippen LogP contribution in [0.25, 0.3) is 10.8 Å². The maximum atomic E-state index is 12.5. The Hall–Kier alpha value is -2.40. The highest BCUT2D eigenvalue weighted by atomic mass is 16.2. The van der Waals surface area contributed by atoms with E-state index in [4.69, 9.17) is 0 Å². The van der Waals surface area contributed by atoms with E-state index in [9.17, 15) is 9.59 Å². The van der Waals surface area contributed by atoms with Gasteiger partial charge in [0, 0.05) is 12.5 Å². The lowest BCUT2D eigenvalue weighted by atomic mass is 9.96. The molecule has 0 spiro atoms. The summed E-state index contributed by atoms with van der Waals surface area (Å²) in [4.78, 5) is 26.6. The Morgan fingerprint density at radius 1 is 1.11 bits per heavy atom. The van der Waals surface area contributed by atoms with Crippen LogP contribution >= 0.6 is 0 Å². The molecule has 1 fully saturated rings. The van der Waals surface area contributed by atoms with Crippen molar-refractivity contribution < 1.29 is 9.59 Å². The second kappa shape index (κ2) is 9.00. The van der Waals surface area contributed by atoms with Gasteiger partial charge in [-0.05, 0) is 56.1 Å². The number of likely N-dealkylation sites (tertiary alicyclic amines) is 1. The van der Waals surface area contributed by atoms with Crippen LogP contribution in [0.3, 0.4) is 0 Å². The van der Waals surface area contributed by atoms with Crippen LogP contribution in [-0.2, 0) is 9.59 Å². The van der Waals surface area contributed by atoms with Crippen LogP contribution in [0.15, 0.2) is 42.5 Å². The van der Waals surface area contributed by atoms with Gasteiger partial charge in [0.25, 0.3) is 0 Å². The topological polar surface area (TPSA) is 61.4 Å². The first-order valence-corrected chi connectivity index (χ1v) is 9.85. The molecule has 5 nitrogen and oxygen atoms in total. The van der Waals surface area contributed by atoms with Gasteiger partial charge in [-0.25, -0.2) is 0 Å². The highest BCUT2D eigenvalue weighted by molar-refractivity contribution is 5.87. The number of carbonyl (C=O) groups is 2. The lowest BCUT2D eigenvalue weighted by molar-refractivity contribution is -0.126. The van der Waals surface area contributed by atoms with Gasteiger partial charge in [-0.3, -0.25) is 14.5 Å². The lowest BCUT2D eigenvalue weighted by Crippen LogP contribution is -2.44. The molecule has 1 aliphatic rings. The summed E-state index contributed by atoms with van der Waals surface area (Å²) in [7, 11) is 0. The molecule has 5 heteroatoms. The van der Waals surface area contributed by atoms with Crippen molar-refractivity contribution in [3.8, 4) is 0 Å². The standard InChI is InChI=1S/C22H29N3O2/c1-3-23-22(27)18-11-13-25(14-12-18)15-21(26)24-16(2)19-10-6-8-17-7-4-5-9-20(17)19/h4-10,16,18H,3,11-15H2,1-2H3,(H,23,27)(H,24,26). The maximum Gasteiger partial charge on any atom is 0.234 e. The average Bonchev–Trinajstić information content (AvgIpc) is 2.68. The largest absolute Gasteiger partial charge is 0.356 e. The Labute approximate surface area is 161 Å². The van der Waals surface area contributed by atoms with Gasteiger partial charge in [-0.15, -0.1) is 0 Å². The summed E-state index contributed by atoms with van der Waals surface area (Å²) in [5.74, 6) is 0.261. The van der Waals surface area contributed by atoms with Gasteiger partial charge < -0.3 is 10.6 Å². The Morgan fingerprint density at radius 3 is 2.56 bits per heavy atom. The quantitative estimate of drug-likeness (QED) is 0.825. The van der Waals surface area contributed by atoms with Crippen LogP contribution < -0.4 is 10.6 Å². The van der Waals surface area contributed by atoms with Gasteiger partial charge in [0.2, 0.25) is 11.8 Å². The minimum absolute atomic E-state index is 0.0342. The van der Waals surface area contributed by atoms with Crippen molar-refractivity contribution in [2.45, 2.75) is 32.7 Å². The SMILES string of the molecule is CCNC(=O)C1CCN(CC(=O)NC(C)c2cccc3ccccc23)CC1. The van der Waals surface area contributed by atoms with Crippen molar-refractivity contribution in [3.63, 3.8) is 0 Å². The molecule has 0 aliphatic carbocycles. The van der Waals surface area contributed by atoms with Crippen LogP contribution in [0.5, 0.6) is 0 Å². The molecule has 1 aliphatic heterocycles. The van der Waals surface area contributed by atoms with Crippen molar-refractivity contribution in [3.05, 3.63) is 48.0 Å². The first-order chi connectivity index (χ1) is 13.1. The van der Waals surface area contributed by atoms with E-state index in [1.54, 1.807) is 0 Å². The third-order valence-electron chi connectivity index (χ3n) is 5.34. The fourth-order valence-electron chi connectivity index (χ4n) is 3.87. The van der Waals surface area contributed by atoms with Crippen molar-refractivity contribution in [1.82, 2.24) is 15.5 Å². The van der Waals surface area contributed by atoms with Crippen LogP contribution in [0.2, 0.25) is 0 Å². The number of benzene rings is 2. The minimum atomic E-state index is -0.0449. The van der Waals surface area contributed by atoms with Gasteiger partial charge in [0.1, 0.15) is 0 Å². The van der Waals surface area contributed by atoms with E-state index in [1.807, 2.05) is 32.0 Å². The van der Waals surface area contributed by atoms with E-state index < -0.39 is 0 Å². The third kappa shape index (κ3) is 4.86. The summed E-state index contributed by atoms with van der Waals surface area (Å²) in [6.07, 6.45) is 1.63. The molecule has 0 bridgehead atoms. The molecule has 3 rings (SSSR count). The van der Waals surface area contributed by atoms with Crippen molar-refractivity contribution in [1.29, 1.82) is 0 Å². The molecule has 0 saturated carbocycles. The van der Waals surface area contributed by atoms with Gasteiger partial charge >= 0.3 is 0 Å². The molecule has 2 aromatic rings. The number of rotatable bonds is 6. The summed E-state index contributed by atoms with van der Waals surface area (Å²) in [6.45, 7) is 6.61. The molecule has 1 saturated heterocycles. The van der Waals surface area contributed by atoms with Gasteiger partial charge in [0.05, 0.1) is 12.6 Å². The summed E-state index contributed by atoms with van der Waals surface area (Å²) in [5, 5.41) is 8.38. The molecule has 1 atom stereocenters. The van der Waals surface area contributed by atoms with Crippen LogP contribution in [-0.4, -0.2) is 42.9 Å². The molecule has 2 aromatic carbocycles. The second-order valence-electron chi connectivity index (χ2n) is 7.30. The number of nitrogens with zero attached hydrogens (tertiary/aromatic N) is 1. The van der Waals surface area contributed by atoms with E-state index in [0.29, 0.717) is 13.1 Å². The minimum Gasteiger partial charge on any atom is -0.356 e. The zero-order chi connectivity index (χ0) is 19.2. The molecule has 1 heterocycles. The molecule has 2 N–H and O–H groups in total. The fourth-order valence-corrected chi connectivity index (χ4v) is 3.87. The summed E-state index contributed by atoms with van der Waals surface area (Å²) in [6, 6.07) is 14.4. The number of hydrogen-bond donors (Lipinski definition) is 2. The Balaban J connectivity index is 1.53. The average molecular weight is 367 g/mol. The highest BCUT2D eigenvalue weighted by Gasteiger charge is 2.25. The highest BCUT2D eigenvalue weighted by Crippen LogP contribution is 2.24. The van der Waals surface area contributed by atoms with Crippen LogP contribution in [0.4, 0.5) is 0 Å². The Bertz CT molecular complexity index is 792. The molecule has 0 aromatic heterocycles. The smallest absolute Gasteiger partial charge is 0.234 e. The molecule has 2 amide bonds. The van der Waals surface area contributed by atoms with Crippen molar-refractivity contribution in [2.75, 3.05) is 26.2 Å². The normalized spacial score (nSPS) is 16.8. The Kier molecular flexibility index (Phi) is 6.45. The molecule has 27 heavy (non-hydrogen) atoms. The van der Waals surface area contributed by atoms with E-state index in [2.05, 4.69) is 39.8 Å². The van der Waals surface area contributed by atoms with Crippen LogP contribution in [0, 0.1) is 5.92 Å². The third-order valence-corrected chi connectivity index (χ3v) is 5.34. The molecule has 1 unspecified atom stereocenters. The molecule has 0 radical (unpaired) electrons. The van der Waals surface area contributed by atoms with Gasteiger partial charge in [0.15, 0.2) is 0 Å². The predicted molar refractivity (Wildman–Crippen MR) is 108 cm³/mol.